The molecule has 2 aromatic rings. The van der Waals surface area contributed by atoms with Crippen LogP contribution in [0.15, 0.2) is 36.4 Å². The number of methoxy groups -OCH3 is 1. The summed E-state index contributed by atoms with van der Waals surface area (Å²) in [6, 6.07) is 8.63. The third kappa shape index (κ3) is 2.84. The Morgan fingerprint density at radius 2 is 1.86 bits per heavy atom. The van der Waals surface area contributed by atoms with Gasteiger partial charge in [0.15, 0.2) is 0 Å². The van der Waals surface area contributed by atoms with Gasteiger partial charge in [0.25, 0.3) is 5.69 Å². The van der Waals surface area contributed by atoms with Crippen molar-refractivity contribution in [2.45, 2.75) is 6.92 Å². The number of carbonyl (C=O) groups excluding carboxylic acids is 1. The zero-order valence-corrected chi connectivity index (χ0v) is 11.5. The van der Waals surface area contributed by atoms with Gasteiger partial charge >= 0.3 is 5.97 Å². The van der Waals surface area contributed by atoms with E-state index in [1.807, 2.05) is 0 Å². The van der Waals surface area contributed by atoms with Gasteiger partial charge < -0.3 is 9.84 Å². The van der Waals surface area contributed by atoms with Crippen molar-refractivity contribution in [2.24, 2.45) is 0 Å². The van der Waals surface area contributed by atoms with E-state index in [1.165, 1.54) is 43.5 Å². The summed E-state index contributed by atoms with van der Waals surface area (Å²) in [5.74, 6) is -0.519. The van der Waals surface area contributed by atoms with Crippen LogP contribution in [0, 0.1) is 17.0 Å². The number of nitrogens with zero attached hydrogens (tertiary/aromatic N) is 1. The summed E-state index contributed by atoms with van der Waals surface area (Å²) in [5.41, 5.74) is 1.89. The lowest BCUT2D eigenvalue weighted by Crippen LogP contribution is -2.06. The summed E-state index contributed by atoms with van der Waals surface area (Å²) >= 11 is 0. The molecule has 0 saturated carbocycles. The van der Waals surface area contributed by atoms with E-state index in [-0.39, 0.29) is 11.4 Å². The monoisotopic (exact) mass is 287 g/mol. The molecule has 0 aliphatic carbocycles. The van der Waals surface area contributed by atoms with E-state index in [0.717, 1.165) is 0 Å². The highest BCUT2D eigenvalue weighted by Gasteiger charge is 2.18. The first-order valence-corrected chi connectivity index (χ1v) is 6.10. The second kappa shape index (κ2) is 5.62. The number of nitro benzene ring substituents is 1. The van der Waals surface area contributed by atoms with E-state index in [4.69, 9.17) is 4.74 Å². The predicted molar refractivity (Wildman–Crippen MR) is 76.3 cm³/mol. The molecule has 0 fully saturated rings. The van der Waals surface area contributed by atoms with Crippen molar-refractivity contribution in [3.63, 3.8) is 0 Å². The van der Waals surface area contributed by atoms with Crippen LogP contribution in [0.25, 0.3) is 11.1 Å². The Balaban J connectivity index is 2.61. The van der Waals surface area contributed by atoms with Crippen molar-refractivity contribution in [1.82, 2.24) is 0 Å². The van der Waals surface area contributed by atoms with Crippen molar-refractivity contribution in [3.8, 4) is 16.9 Å². The van der Waals surface area contributed by atoms with Crippen molar-refractivity contribution < 1.29 is 19.6 Å². The van der Waals surface area contributed by atoms with Gasteiger partial charge in [-0.05, 0) is 42.3 Å². The fourth-order valence-corrected chi connectivity index (χ4v) is 2.13. The van der Waals surface area contributed by atoms with Gasteiger partial charge in [-0.3, -0.25) is 10.1 Å². The first-order chi connectivity index (χ1) is 9.93. The number of ether oxygens (including phenoxy) is 1. The third-order valence-corrected chi connectivity index (χ3v) is 3.10. The van der Waals surface area contributed by atoms with Crippen LogP contribution in [0.4, 0.5) is 5.69 Å². The summed E-state index contributed by atoms with van der Waals surface area (Å²) < 4.78 is 4.75. The SMILES string of the molecule is COC(=O)c1c(C)cc(O)cc1-c1ccc([N+](=O)[O-])cc1. The quantitative estimate of drug-likeness (QED) is 0.532. The number of esters is 1. The van der Waals surface area contributed by atoms with E-state index >= 15 is 0 Å². The number of aromatic hydroxyl groups is 1. The predicted octanol–water partition coefficient (Wildman–Crippen LogP) is 3.06. The highest BCUT2D eigenvalue weighted by Crippen LogP contribution is 2.31. The van der Waals surface area contributed by atoms with E-state index in [0.29, 0.717) is 22.3 Å². The lowest BCUT2D eigenvalue weighted by atomic mass is 9.95. The zero-order chi connectivity index (χ0) is 15.6. The zero-order valence-electron chi connectivity index (χ0n) is 11.5. The number of aryl methyl sites for hydroxylation is 1. The Bertz CT molecular complexity index is 707. The molecule has 6 nitrogen and oxygen atoms in total. The molecule has 0 amide bonds. The molecule has 0 atom stereocenters. The number of hydrogen-bond donors (Lipinski definition) is 1. The molecule has 2 aromatic carbocycles. The molecule has 21 heavy (non-hydrogen) atoms. The Labute approximate surface area is 120 Å². The van der Waals surface area contributed by atoms with Gasteiger partial charge in [0, 0.05) is 17.7 Å². The summed E-state index contributed by atoms with van der Waals surface area (Å²) in [7, 11) is 1.27. The van der Waals surface area contributed by atoms with Crippen LogP contribution in [0.5, 0.6) is 5.75 Å². The second-order valence-corrected chi connectivity index (χ2v) is 4.48. The molecule has 1 N–H and O–H groups in total. The van der Waals surface area contributed by atoms with Crippen molar-refractivity contribution in [1.29, 1.82) is 0 Å². The second-order valence-electron chi connectivity index (χ2n) is 4.48. The lowest BCUT2D eigenvalue weighted by molar-refractivity contribution is -0.384. The van der Waals surface area contributed by atoms with Gasteiger partial charge in [0.05, 0.1) is 17.6 Å². The van der Waals surface area contributed by atoms with Crippen LogP contribution in [-0.4, -0.2) is 23.1 Å². The summed E-state index contributed by atoms with van der Waals surface area (Å²) in [5, 5.41) is 20.4. The van der Waals surface area contributed by atoms with Gasteiger partial charge in [0.1, 0.15) is 5.75 Å². The fraction of sp³-hybridized carbons (Fsp3) is 0.133. The minimum Gasteiger partial charge on any atom is -0.508 e. The van der Waals surface area contributed by atoms with Crippen molar-refractivity contribution in [3.05, 3.63) is 57.6 Å². The standard InChI is InChI=1S/C15H13NO5/c1-9-7-12(17)8-13(14(9)15(18)21-2)10-3-5-11(6-4-10)16(19)20/h3-8,17H,1-2H3. The number of phenols is 1. The number of rotatable bonds is 3. The number of phenolic OH excluding ortho intramolecular Hbond substituents is 1. The maximum absolute atomic E-state index is 11.9. The van der Waals surface area contributed by atoms with Gasteiger partial charge in [0.2, 0.25) is 0 Å². The van der Waals surface area contributed by atoms with Crippen LogP contribution in [0.2, 0.25) is 0 Å². The molecule has 108 valence electrons. The molecule has 0 bridgehead atoms. The molecular weight excluding hydrogens is 274 g/mol. The molecule has 6 heteroatoms. The van der Waals surface area contributed by atoms with Gasteiger partial charge in [-0.25, -0.2) is 4.79 Å². The summed E-state index contributed by atoms with van der Waals surface area (Å²) in [6.07, 6.45) is 0. The molecule has 0 aliphatic heterocycles. The normalized spacial score (nSPS) is 10.2. The van der Waals surface area contributed by atoms with E-state index in [1.54, 1.807) is 6.92 Å². The maximum Gasteiger partial charge on any atom is 0.338 e. The number of benzene rings is 2. The van der Waals surface area contributed by atoms with Gasteiger partial charge in [-0.2, -0.15) is 0 Å². The molecular formula is C15H13NO5. The van der Waals surface area contributed by atoms with Crippen LogP contribution < -0.4 is 0 Å². The number of non-ortho nitro benzene ring substituents is 1. The first-order valence-electron chi connectivity index (χ1n) is 6.10. The first kappa shape index (κ1) is 14.5. The third-order valence-electron chi connectivity index (χ3n) is 3.10. The largest absolute Gasteiger partial charge is 0.508 e. The highest BCUT2D eigenvalue weighted by molar-refractivity contribution is 5.99. The Hall–Kier alpha value is -2.89. The van der Waals surface area contributed by atoms with Crippen LogP contribution in [0.3, 0.4) is 0 Å². The molecule has 0 heterocycles. The average molecular weight is 287 g/mol. The number of nitro groups is 1. The van der Waals surface area contributed by atoms with Crippen LogP contribution >= 0.6 is 0 Å². The Morgan fingerprint density at radius 3 is 2.38 bits per heavy atom. The van der Waals surface area contributed by atoms with Crippen molar-refractivity contribution in [2.75, 3.05) is 7.11 Å². The highest BCUT2D eigenvalue weighted by atomic mass is 16.6. The topological polar surface area (TPSA) is 89.7 Å². The Kier molecular flexibility index (Phi) is 3.89. The van der Waals surface area contributed by atoms with Crippen LogP contribution in [-0.2, 0) is 4.74 Å². The minimum absolute atomic E-state index is 0.00788. The molecule has 0 unspecified atom stereocenters. The van der Waals surface area contributed by atoms with Gasteiger partial charge in [-0.1, -0.05) is 0 Å². The maximum atomic E-state index is 11.9. The smallest absolute Gasteiger partial charge is 0.338 e. The molecule has 2 rings (SSSR count). The van der Waals surface area contributed by atoms with E-state index in [2.05, 4.69) is 0 Å². The Morgan fingerprint density at radius 1 is 1.24 bits per heavy atom. The molecule has 0 saturated heterocycles. The molecule has 0 aromatic heterocycles. The van der Waals surface area contributed by atoms with Crippen LogP contribution in [0.1, 0.15) is 15.9 Å². The number of hydrogen-bond acceptors (Lipinski definition) is 5. The summed E-state index contributed by atoms with van der Waals surface area (Å²) in [6.45, 7) is 1.68. The van der Waals surface area contributed by atoms with E-state index in [9.17, 15) is 20.0 Å². The average Bonchev–Trinajstić information content (AvgIpc) is 2.45. The lowest BCUT2D eigenvalue weighted by Gasteiger charge is -2.12. The molecule has 0 spiro atoms. The summed E-state index contributed by atoms with van der Waals surface area (Å²) in [4.78, 5) is 22.1. The fourth-order valence-electron chi connectivity index (χ4n) is 2.13. The molecule has 0 aliphatic rings. The molecule has 0 radical (unpaired) electrons. The minimum atomic E-state index is -0.527. The van der Waals surface area contributed by atoms with Crippen molar-refractivity contribution >= 4 is 11.7 Å². The van der Waals surface area contributed by atoms with Gasteiger partial charge in [-0.15, -0.1) is 0 Å². The number of carbonyl (C=O) groups is 1. The van der Waals surface area contributed by atoms with E-state index < -0.39 is 10.9 Å².